The van der Waals surface area contributed by atoms with E-state index in [4.69, 9.17) is 5.11 Å². The molecule has 0 amide bonds. The van der Waals surface area contributed by atoms with Crippen molar-refractivity contribution in [2.45, 2.75) is 52.1 Å². The Hall–Kier alpha value is -0.870. The molecule has 4 nitrogen and oxygen atoms in total. The van der Waals surface area contributed by atoms with Gasteiger partial charge in [-0.15, -0.1) is 0 Å². The molecule has 0 saturated heterocycles. The van der Waals surface area contributed by atoms with E-state index in [1.165, 1.54) is 5.56 Å². The summed E-state index contributed by atoms with van der Waals surface area (Å²) in [7, 11) is 1.95. The van der Waals surface area contributed by atoms with E-state index in [0.717, 1.165) is 31.5 Å². The summed E-state index contributed by atoms with van der Waals surface area (Å²) in [5, 5.41) is 17.0. The van der Waals surface area contributed by atoms with Gasteiger partial charge in [0.25, 0.3) is 0 Å². The average molecular weight is 239 g/mol. The van der Waals surface area contributed by atoms with Crippen LogP contribution in [0.25, 0.3) is 0 Å². The first kappa shape index (κ1) is 14.2. The van der Waals surface area contributed by atoms with Gasteiger partial charge in [-0.3, -0.25) is 4.68 Å². The fraction of sp³-hybridized carbons (Fsp3) is 0.769. The number of aliphatic hydroxyl groups is 1. The van der Waals surface area contributed by atoms with Gasteiger partial charge in [0.2, 0.25) is 0 Å². The minimum Gasteiger partial charge on any atom is -0.396 e. The number of aryl methyl sites for hydroxylation is 2. The predicted molar refractivity (Wildman–Crippen MR) is 69.8 cm³/mol. The lowest BCUT2D eigenvalue weighted by Crippen LogP contribution is -2.42. The lowest BCUT2D eigenvalue weighted by molar-refractivity contribution is 0.214. The molecule has 0 saturated carbocycles. The van der Waals surface area contributed by atoms with Crippen LogP contribution in [0.3, 0.4) is 0 Å². The summed E-state index contributed by atoms with van der Waals surface area (Å²) in [6, 6.07) is 0. The molecule has 0 aromatic carbocycles. The van der Waals surface area contributed by atoms with E-state index in [0.29, 0.717) is 0 Å². The summed E-state index contributed by atoms with van der Waals surface area (Å²) in [5.41, 5.74) is 2.42. The van der Waals surface area contributed by atoms with Gasteiger partial charge >= 0.3 is 0 Å². The van der Waals surface area contributed by atoms with Crippen molar-refractivity contribution in [1.82, 2.24) is 15.1 Å². The second kappa shape index (κ2) is 6.17. The number of aliphatic hydroxyl groups excluding tert-OH is 1. The van der Waals surface area contributed by atoms with Gasteiger partial charge in [-0.2, -0.15) is 5.10 Å². The Morgan fingerprint density at radius 2 is 2.18 bits per heavy atom. The number of nitrogens with one attached hydrogen (secondary N) is 1. The van der Waals surface area contributed by atoms with Crippen LogP contribution in [0, 0.1) is 0 Å². The van der Waals surface area contributed by atoms with Crippen molar-refractivity contribution < 1.29 is 5.11 Å². The molecule has 0 aliphatic heterocycles. The van der Waals surface area contributed by atoms with Crippen molar-refractivity contribution in [3.8, 4) is 0 Å². The second-order valence-corrected chi connectivity index (χ2v) is 4.87. The highest BCUT2D eigenvalue weighted by Gasteiger charge is 2.21. The normalized spacial score (nSPS) is 14.9. The standard InChI is InChI=1S/C13H25N3O/c1-5-12-11(10-16(4)15-12)9-14-13(3,6-2)7-8-17/h10,14,17H,5-9H2,1-4H3. The van der Waals surface area contributed by atoms with Crippen LogP contribution >= 0.6 is 0 Å². The van der Waals surface area contributed by atoms with E-state index in [-0.39, 0.29) is 12.1 Å². The molecule has 1 heterocycles. The maximum absolute atomic E-state index is 9.08. The zero-order valence-electron chi connectivity index (χ0n) is 11.5. The van der Waals surface area contributed by atoms with Crippen LogP contribution in [0.15, 0.2) is 6.20 Å². The molecule has 98 valence electrons. The summed E-state index contributed by atoms with van der Waals surface area (Å²) in [6.45, 7) is 7.47. The van der Waals surface area contributed by atoms with Crippen molar-refractivity contribution in [3.63, 3.8) is 0 Å². The lowest BCUT2D eigenvalue weighted by atomic mass is 9.94. The van der Waals surface area contributed by atoms with E-state index < -0.39 is 0 Å². The Balaban J connectivity index is 2.65. The van der Waals surface area contributed by atoms with Crippen LogP contribution in [0.1, 0.15) is 44.9 Å². The van der Waals surface area contributed by atoms with Gasteiger partial charge in [-0.1, -0.05) is 13.8 Å². The minimum absolute atomic E-state index is 0.00953. The molecule has 0 radical (unpaired) electrons. The number of rotatable bonds is 7. The molecule has 0 bridgehead atoms. The predicted octanol–water partition coefficient (Wildman–Crippen LogP) is 1.62. The number of hydrogen-bond acceptors (Lipinski definition) is 3. The molecule has 1 aromatic heterocycles. The van der Waals surface area contributed by atoms with E-state index in [9.17, 15) is 0 Å². The third-order valence-corrected chi connectivity index (χ3v) is 3.48. The molecular weight excluding hydrogens is 214 g/mol. The SMILES string of the molecule is CCc1nn(C)cc1CNC(C)(CC)CCO. The highest BCUT2D eigenvalue weighted by atomic mass is 16.3. The second-order valence-electron chi connectivity index (χ2n) is 4.87. The third-order valence-electron chi connectivity index (χ3n) is 3.48. The first-order chi connectivity index (χ1) is 8.04. The van der Waals surface area contributed by atoms with Crippen molar-refractivity contribution in [1.29, 1.82) is 0 Å². The van der Waals surface area contributed by atoms with Crippen LogP contribution in [-0.2, 0) is 20.0 Å². The molecule has 1 aromatic rings. The first-order valence-electron chi connectivity index (χ1n) is 6.42. The Labute approximate surface area is 104 Å². The molecule has 4 heteroatoms. The fourth-order valence-electron chi connectivity index (χ4n) is 1.97. The fourth-order valence-corrected chi connectivity index (χ4v) is 1.97. The smallest absolute Gasteiger partial charge is 0.0666 e. The van der Waals surface area contributed by atoms with Crippen LogP contribution in [0.5, 0.6) is 0 Å². The quantitative estimate of drug-likeness (QED) is 0.760. The number of hydrogen-bond donors (Lipinski definition) is 2. The van der Waals surface area contributed by atoms with Gasteiger partial charge in [0, 0.05) is 37.5 Å². The summed E-state index contributed by atoms with van der Waals surface area (Å²) in [4.78, 5) is 0. The minimum atomic E-state index is 0.00953. The topological polar surface area (TPSA) is 50.1 Å². The van der Waals surface area contributed by atoms with E-state index in [2.05, 4.69) is 37.4 Å². The highest BCUT2D eigenvalue weighted by molar-refractivity contribution is 5.17. The van der Waals surface area contributed by atoms with Crippen LogP contribution < -0.4 is 5.32 Å². The molecule has 2 N–H and O–H groups in total. The van der Waals surface area contributed by atoms with Gasteiger partial charge in [-0.05, 0) is 26.2 Å². The van der Waals surface area contributed by atoms with Crippen molar-refractivity contribution >= 4 is 0 Å². The molecule has 0 fully saturated rings. The highest BCUT2D eigenvalue weighted by Crippen LogP contribution is 2.16. The van der Waals surface area contributed by atoms with Gasteiger partial charge in [0.1, 0.15) is 0 Å². The molecule has 0 aliphatic rings. The zero-order chi connectivity index (χ0) is 12.9. The van der Waals surface area contributed by atoms with Crippen LogP contribution in [0.4, 0.5) is 0 Å². The Bertz CT molecular complexity index is 348. The summed E-state index contributed by atoms with van der Waals surface area (Å²) < 4.78 is 1.87. The summed E-state index contributed by atoms with van der Waals surface area (Å²) in [5.74, 6) is 0. The maximum Gasteiger partial charge on any atom is 0.0666 e. The largest absolute Gasteiger partial charge is 0.396 e. The van der Waals surface area contributed by atoms with E-state index in [1.807, 2.05) is 11.7 Å². The Kier molecular flexibility index (Phi) is 5.15. The molecule has 1 rings (SSSR count). The van der Waals surface area contributed by atoms with Gasteiger partial charge in [0.05, 0.1) is 5.69 Å². The van der Waals surface area contributed by atoms with E-state index >= 15 is 0 Å². The van der Waals surface area contributed by atoms with Crippen molar-refractivity contribution in [2.24, 2.45) is 7.05 Å². The van der Waals surface area contributed by atoms with Gasteiger partial charge < -0.3 is 10.4 Å². The van der Waals surface area contributed by atoms with Gasteiger partial charge in [-0.25, -0.2) is 0 Å². The van der Waals surface area contributed by atoms with E-state index in [1.54, 1.807) is 0 Å². The van der Waals surface area contributed by atoms with Gasteiger partial charge in [0.15, 0.2) is 0 Å². The Morgan fingerprint density at radius 3 is 2.71 bits per heavy atom. The molecular formula is C13H25N3O. The average Bonchev–Trinajstić information content (AvgIpc) is 2.67. The van der Waals surface area contributed by atoms with Crippen molar-refractivity contribution in [2.75, 3.05) is 6.61 Å². The van der Waals surface area contributed by atoms with Crippen LogP contribution in [-0.4, -0.2) is 27.0 Å². The molecule has 1 unspecified atom stereocenters. The molecule has 1 atom stereocenters. The summed E-state index contributed by atoms with van der Waals surface area (Å²) >= 11 is 0. The van der Waals surface area contributed by atoms with Crippen LogP contribution in [0.2, 0.25) is 0 Å². The monoisotopic (exact) mass is 239 g/mol. The Morgan fingerprint density at radius 1 is 1.47 bits per heavy atom. The molecule has 17 heavy (non-hydrogen) atoms. The number of nitrogens with zero attached hydrogens (tertiary/aromatic N) is 2. The molecule has 0 spiro atoms. The lowest BCUT2D eigenvalue weighted by Gasteiger charge is -2.29. The number of aromatic nitrogens is 2. The molecule has 0 aliphatic carbocycles. The zero-order valence-corrected chi connectivity index (χ0v) is 11.5. The first-order valence-corrected chi connectivity index (χ1v) is 6.42. The van der Waals surface area contributed by atoms with Crippen molar-refractivity contribution in [3.05, 3.63) is 17.5 Å². The third kappa shape index (κ3) is 3.82. The maximum atomic E-state index is 9.08. The summed E-state index contributed by atoms with van der Waals surface area (Å²) in [6.07, 6.45) is 4.82.